The number of hydrogen-bond acceptors (Lipinski definition) is 2. The number of fused-ring (bicyclic) bond motifs is 7. The molecule has 0 bridgehead atoms. The van der Waals surface area contributed by atoms with Crippen LogP contribution in [0.5, 0.6) is 11.5 Å². The van der Waals surface area contributed by atoms with Gasteiger partial charge in [0.2, 0.25) is 0 Å². The second-order valence-corrected chi connectivity index (χ2v) is 22.8. The predicted octanol–water partition coefficient (Wildman–Crippen LogP) is 19.5. The minimum absolute atomic E-state index is 0.137. The number of benzene rings is 11. The zero-order valence-corrected chi connectivity index (χ0v) is 47.8. The summed E-state index contributed by atoms with van der Waals surface area (Å²) >= 11 is 2.53. The third kappa shape index (κ3) is 8.51. The Morgan fingerprint density at radius 1 is 0.434 bits per heavy atom. The van der Waals surface area contributed by atoms with E-state index >= 15 is 0 Å². The van der Waals surface area contributed by atoms with E-state index in [9.17, 15) is 2.74 Å². The van der Waals surface area contributed by atoms with Crippen molar-refractivity contribution in [3.8, 4) is 73.2 Å². The van der Waals surface area contributed by atoms with Gasteiger partial charge in [0.25, 0.3) is 0 Å². The topological polar surface area (TPSA) is 41.3 Å². The Morgan fingerprint density at radius 2 is 0.940 bits per heavy atom. The van der Waals surface area contributed by atoms with Gasteiger partial charge in [0.1, 0.15) is 0 Å². The number of aromatic nitrogens is 5. The number of nitrogens with zero attached hydrogens (tertiary/aromatic N) is 5. The fourth-order valence-corrected chi connectivity index (χ4v) is 13.0. The second kappa shape index (κ2) is 20.3. The van der Waals surface area contributed by atoms with Gasteiger partial charge >= 0.3 is 439 Å². The SMILES string of the molecule is [2H]c1c([2H])c([2H])c2c(c1[2H])c1ccc(Oc3[c-]c4c(cc3)n(-c3c(-c5ccccc5)cccc3-c3ccccc3)c3ccccc3c3cccc5c3n4[c](=[Pt])n5-c3c(-c4ccccc4)cccc3-c3ccccc3)[c-]c1n2-c1cc(C(C)(C)C)ccn1. The van der Waals surface area contributed by atoms with Crippen molar-refractivity contribution in [2.24, 2.45) is 0 Å². The molecule has 0 aliphatic rings. The molecule has 7 heteroatoms. The van der Waals surface area contributed by atoms with Crippen LogP contribution in [0.1, 0.15) is 31.8 Å². The fourth-order valence-electron chi connectivity index (χ4n) is 12.0. The van der Waals surface area contributed by atoms with E-state index in [1.165, 1.54) is 0 Å². The van der Waals surface area contributed by atoms with Gasteiger partial charge in [-0.05, 0) is 17.0 Å². The quantitative estimate of drug-likeness (QED) is 0.135. The Kier molecular flexibility index (Phi) is 11.2. The van der Waals surface area contributed by atoms with E-state index in [1.807, 2.05) is 30.3 Å². The first-order valence-electron chi connectivity index (χ1n) is 29.7. The van der Waals surface area contributed by atoms with Crippen LogP contribution < -0.4 is 4.74 Å². The van der Waals surface area contributed by atoms with Gasteiger partial charge in [0, 0.05) is 6.20 Å². The van der Waals surface area contributed by atoms with Crippen molar-refractivity contribution < 1.29 is 29.6 Å². The van der Waals surface area contributed by atoms with Gasteiger partial charge in [-0.15, -0.1) is 0 Å². The number of pyridine rings is 1. The van der Waals surface area contributed by atoms with E-state index in [1.54, 1.807) is 10.8 Å². The minimum atomic E-state index is -0.328. The average molecular weight is 1250 g/mol. The molecule has 0 fully saturated rings. The zero-order chi connectivity index (χ0) is 59.2. The van der Waals surface area contributed by atoms with Crippen molar-refractivity contribution in [3.05, 3.63) is 288 Å². The average Bonchev–Trinajstić information content (AvgIpc) is 1.64. The third-order valence-corrected chi connectivity index (χ3v) is 16.8. The molecule has 0 amide bonds. The summed E-state index contributed by atoms with van der Waals surface area (Å²) in [4.78, 5) is 4.84. The van der Waals surface area contributed by atoms with E-state index in [4.69, 9.17) is 12.5 Å². The normalized spacial score (nSPS) is 12.5. The molecule has 6 nitrogen and oxygen atoms in total. The molecule has 400 valence electrons. The van der Waals surface area contributed by atoms with Gasteiger partial charge < -0.3 is 0 Å². The summed E-state index contributed by atoms with van der Waals surface area (Å²) in [5.74, 6) is 1.27. The van der Waals surface area contributed by atoms with Crippen molar-refractivity contribution in [1.29, 1.82) is 0 Å². The summed E-state index contributed by atoms with van der Waals surface area (Å²) < 4.78 is 53.1. The summed E-state index contributed by atoms with van der Waals surface area (Å²) in [6, 6.07) is 89.3. The molecule has 0 aliphatic carbocycles. The molecular formula is C76H53N5OPt-2. The molecule has 0 aliphatic heterocycles. The molecule has 0 saturated carbocycles. The number of ether oxygens (including phenoxy) is 1. The molecule has 15 rings (SSSR count). The van der Waals surface area contributed by atoms with Gasteiger partial charge in [-0.2, -0.15) is 0 Å². The summed E-state index contributed by atoms with van der Waals surface area (Å²) in [6.07, 6.45) is 1.75. The van der Waals surface area contributed by atoms with E-state index < -0.39 is 0 Å². The molecule has 4 heterocycles. The first-order valence-corrected chi connectivity index (χ1v) is 28.8. The van der Waals surface area contributed by atoms with E-state index in [0.717, 1.165) is 104 Å². The predicted molar refractivity (Wildman–Crippen MR) is 337 cm³/mol. The molecule has 0 radical (unpaired) electrons. The van der Waals surface area contributed by atoms with E-state index in [2.05, 4.69) is 272 Å². The van der Waals surface area contributed by atoms with Crippen LogP contribution in [-0.4, -0.2) is 23.1 Å². The maximum atomic E-state index is 9.31. The maximum absolute atomic E-state index is 9.31. The molecule has 11 aromatic carbocycles. The number of rotatable bonds is 9. The Balaban J connectivity index is 1.08. The molecule has 83 heavy (non-hydrogen) atoms. The third-order valence-electron chi connectivity index (χ3n) is 15.8. The molecule has 0 spiro atoms. The molecule has 0 saturated heterocycles. The molecule has 15 aromatic rings. The first-order chi connectivity index (χ1) is 42.4. The van der Waals surface area contributed by atoms with Gasteiger partial charge in [-0.25, -0.2) is 0 Å². The summed E-state index contributed by atoms with van der Waals surface area (Å²) in [5, 5.41) is 3.03. The van der Waals surface area contributed by atoms with Crippen LogP contribution >= 0.6 is 0 Å². The van der Waals surface area contributed by atoms with Gasteiger partial charge in [-0.1, -0.05) is 32.9 Å². The van der Waals surface area contributed by atoms with Crippen molar-refractivity contribution >= 4 is 60.2 Å². The summed E-state index contributed by atoms with van der Waals surface area (Å²) in [5.41, 5.74) is 16.7. The Bertz CT molecular complexity index is 5240. The Hall–Kier alpha value is -9.87. The van der Waals surface area contributed by atoms with Crippen molar-refractivity contribution in [1.82, 2.24) is 23.1 Å². The van der Waals surface area contributed by atoms with Crippen molar-refractivity contribution in [2.45, 2.75) is 26.2 Å². The molecule has 0 unspecified atom stereocenters. The standard InChI is InChI=1S/C76H53N5O.Pt/c1-76(2,3)55-45-46-77-72(47-55)80-66-38-18-16-31-62(66)64-43-41-56(48-70(64)80)82-57-42-44-68-71(49-57)79-50-78(73-58(51-23-8-4-9-24-51)33-20-34-59(73)52-25-10-5-11-26-52)69-40-22-37-65(75(69)79)63-32-17-19-39-67(63)81(68)74-60(53-27-12-6-13-28-53)35-21-36-61(74)54-29-14-7-15-30-54;/h4-47H,1-3H3;/q-2;/i16D,18D,31D,38D;. The fraction of sp³-hybridized carbons (Fsp3) is 0.0526. The number of imidazole rings is 1. The van der Waals surface area contributed by atoms with Crippen molar-refractivity contribution in [2.75, 3.05) is 0 Å². The van der Waals surface area contributed by atoms with E-state index in [0.29, 0.717) is 39.1 Å². The van der Waals surface area contributed by atoms with Crippen LogP contribution in [0.25, 0.3) is 122 Å². The minimum Gasteiger partial charge on any atom is -0.0561 e. The van der Waals surface area contributed by atoms with Crippen LogP contribution in [0, 0.1) is 15.9 Å². The Morgan fingerprint density at radius 3 is 1.54 bits per heavy atom. The summed E-state index contributed by atoms with van der Waals surface area (Å²) in [6.45, 7) is 6.39. The second-order valence-electron chi connectivity index (χ2n) is 21.8. The molecular weight excluding hydrogens is 1190 g/mol. The summed E-state index contributed by atoms with van der Waals surface area (Å²) in [7, 11) is 0. The van der Waals surface area contributed by atoms with Gasteiger partial charge in [-0.3, -0.25) is 0 Å². The van der Waals surface area contributed by atoms with Crippen LogP contribution in [0.4, 0.5) is 0 Å². The molecule has 0 N–H and O–H groups in total. The smallest absolute Gasteiger partial charge is 0.0561 e. The zero-order valence-electron chi connectivity index (χ0n) is 49.6. The number of para-hydroxylation sites is 5. The molecule has 4 aromatic heterocycles. The Labute approximate surface area is 497 Å². The van der Waals surface area contributed by atoms with Crippen LogP contribution in [-0.2, 0) is 24.8 Å². The van der Waals surface area contributed by atoms with Gasteiger partial charge in [0.05, 0.1) is 5.48 Å². The van der Waals surface area contributed by atoms with Crippen LogP contribution in [0.3, 0.4) is 0 Å². The van der Waals surface area contributed by atoms with Crippen molar-refractivity contribution in [3.63, 3.8) is 0 Å². The monoisotopic (exact) mass is 1250 g/mol. The van der Waals surface area contributed by atoms with Gasteiger partial charge in [0.15, 0.2) is 0 Å². The number of hydrogen-bond donors (Lipinski definition) is 0. The first kappa shape index (κ1) is 45.8. The molecule has 0 atom stereocenters. The van der Waals surface area contributed by atoms with Crippen LogP contribution in [0.15, 0.2) is 267 Å². The van der Waals surface area contributed by atoms with Crippen LogP contribution in [0.2, 0.25) is 0 Å². The van der Waals surface area contributed by atoms with E-state index in [-0.39, 0.29) is 29.6 Å².